The van der Waals surface area contributed by atoms with Crippen LogP contribution >= 0.6 is 0 Å². The molecule has 0 atom stereocenters. The van der Waals surface area contributed by atoms with Crippen LogP contribution in [0.1, 0.15) is 10.4 Å². The van der Waals surface area contributed by atoms with Crippen molar-refractivity contribution in [2.45, 2.75) is 0 Å². The lowest BCUT2D eigenvalue weighted by atomic mass is 10.1. The van der Waals surface area contributed by atoms with Gasteiger partial charge < -0.3 is 4.42 Å². The molecule has 0 saturated carbocycles. The standard InChI is InChI=1S/C16H9FO3/c17-13-5-3-11(4-6-13)14-8-12-2-1-10(9-18)7-15(12)20-16(14)19/h1-9H. The van der Waals surface area contributed by atoms with Gasteiger partial charge in [-0.1, -0.05) is 24.3 Å². The van der Waals surface area contributed by atoms with Crippen LogP contribution in [0, 0.1) is 5.82 Å². The molecule has 0 N–H and O–H groups in total. The monoisotopic (exact) mass is 268 g/mol. The van der Waals surface area contributed by atoms with Gasteiger partial charge in [-0.15, -0.1) is 0 Å². The molecule has 3 aromatic rings. The first-order valence-electron chi connectivity index (χ1n) is 5.96. The fraction of sp³-hybridized carbons (Fsp3) is 0. The van der Waals surface area contributed by atoms with Crippen molar-refractivity contribution in [1.82, 2.24) is 0 Å². The van der Waals surface area contributed by atoms with E-state index in [0.29, 0.717) is 33.9 Å². The van der Waals surface area contributed by atoms with Crippen molar-refractivity contribution < 1.29 is 13.6 Å². The zero-order chi connectivity index (χ0) is 14.1. The molecule has 4 heteroatoms. The van der Waals surface area contributed by atoms with E-state index >= 15 is 0 Å². The summed E-state index contributed by atoms with van der Waals surface area (Å²) < 4.78 is 18.1. The SMILES string of the molecule is O=Cc1ccc2cc(-c3ccc(F)cc3)c(=O)oc2c1. The van der Waals surface area contributed by atoms with E-state index in [1.807, 2.05) is 0 Å². The summed E-state index contributed by atoms with van der Waals surface area (Å²) in [6, 6.07) is 12.1. The summed E-state index contributed by atoms with van der Waals surface area (Å²) in [5.74, 6) is -0.366. The van der Waals surface area contributed by atoms with Crippen LogP contribution < -0.4 is 5.63 Å². The molecule has 98 valence electrons. The molecule has 0 fully saturated rings. The number of carbonyl (C=O) groups excluding carboxylic acids is 1. The summed E-state index contributed by atoms with van der Waals surface area (Å²) in [5.41, 5.74) is 1.21. The van der Waals surface area contributed by atoms with Gasteiger partial charge in [-0.05, 0) is 29.8 Å². The third kappa shape index (κ3) is 2.12. The molecule has 0 aliphatic carbocycles. The Hall–Kier alpha value is -2.75. The van der Waals surface area contributed by atoms with Crippen LogP contribution in [-0.4, -0.2) is 6.29 Å². The fourth-order valence-electron chi connectivity index (χ4n) is 2.03. The number of fused-ring (bicyclic) bond motifs is 1. The second-order valence-electron chi connectivity index (χ2n) is 4.37. The summed E-state index contributed by atoms with van der Waals surface area (Å²) in [5, 5.41) is 0.703. The highest BCUT2D eigenvalue weighted by Gasteiger charge is 2.08. The van der Waals surface area contributed by atoms with E-state index in [4.69, 9.17) is 4.42 Å². The number of aldehydes is 1. The van der Waals surface area contributed by atoms with E-state index in [1.54, 1.807) is 18.2 Å². The van der Waals surface area contributed by atoms with E-state index in [2.05, 4.69) is 0 Å². The number of rotatable bonds is 2. The summed E-state index contributed by atoms with van der Waals surface area (Å²) >= 11 is 0. The average molecular weight is 268 g/mol. The fourth-order valence-corrected chi connectivity index (χ4v) is 2.03. The minimum atomic E-state index is -0.521. The van der Waals surface area contributed by atoms with E-state index < -0.39 is 5.63 Å². The van der Waals surface area contributed by atoms with Crippen LogP contribution in [0.5, 0.6) is 0 Å². The molecule has 0 aliphatic heterocycles. The quantitative estimate of drug-likeness (QED) is 0.528. The Labute approximate surface area is 113 Å². The Morgan fingerprint density at radius 2 is 1.75 bits per heavy atom. The van der Waals surface area contributed by atoms with Gasteiger partial charge in [0.15, 0.2) is 0 Å². The Kier molecular flexibility index (Phi) is 2.91. The van der Waals surface area contributed by atoms with Gasteiger partial charge >= 0.3 is 5.63 Å². The molecule has 0 spiro atoms. The Morgan fingerprint density at radius 3 is 2.45 bits per heavy atom. The van der Waals surface area contributed by atoms with E-state index in [-0.39, 0.29) is 5.82 Å². The molecule has 2 aromatic carbocycles. The Morgan fingerprint density at radius 1 is 1.00 bits per heavy atom. The topological polar surface area (TPSA) is 47.3 Å². The van der Waals surface area contributed by atoms with Crippen molar-refractivity contribution in [2.24, 2.45) is 0 Å². The Balaban J connectivity index is 2.22. The highest BCUT2D eigenvalue weighted by molar-refractivity contribution is 5.87. The minimum absolute atomic E-state index is 0.352. The van der Waals surface area contributed by atoms with Crippen molar-refractivity contribution in [3.05, 3.63) is 70.3 Å². The molecule has 0 aliphatic rings. The smallest absolute Gasteiger partial charge is 0.344 e. The van der Waals surface area contributed by atoms with Crippen molar-refractivity contribution in [3.63, 3.8) is 0 Å². The van der Waals surface area contributed by atoms with Crippen LogP contribution in [0.4, 0.5) is 4.39 Å². The number of hydrogen-bond donors (Lipinski definition) is 0. The second kappa shape index (κ2) is 4.74. The number of hydrogen-bond acceptors (Lipinski definition) is 3. The minimum Gasteiger partial charge on any atom is -0.422 e. The van der Waals surface area contributed by atoms with Crippen molar-refractivity contribution in [3.8, 4) is 11.1 Å². The van der Waals surface area contributed by atoms with Crippen LogP contribution in [0.15, 0.2) is 57.7 Å². The molecule has 0 amide bonds. The summed E-state index contributed by atoms with van der Waals surface area (Å²) in [4.78, 5) is 22.7. The average Bonchev–Trinajstić information content (AvgIpc) is 2.47. The van der Waals surface area contributed by atoms with Crippen LogP contribution in [-0.2, 0) is 0 Å². The number of benzene rings is 2. The molecule has 20 heavy (non-hydrogen) atoms. The summed E-state index contributed by atoms with van der Waals surface area (Å²) in [7, 11) is 0. The van der Waals surface area contributed by atoms with Gasteiger partial charge in [0.2, 0.25) is 0 Å². The molecule has 0 unspecified atom stereocenters. The van der Waals surface area contributed by atoms with Gasteiger partial charge in [0.1, 0.15) is 17.7 Å². The first-order valence-corrected chi connectivity index (χ1v) is 5.96. The predicted octanol–water partition coefficient (Wildman–Crippen LogP) is 3.41. The maximum absolute atomic E-state index is 12.9. The summed E-state index contributed by atoms with van der Waals surface area (Å²) in [6.45, 7) is 0. The van der Waals surface area contributed by atoms with Crippen LogP contribution in [0.3, 0.4) is 0 Å². The highest BCUT2D eigenvalue weighted by Crippen LogP contribution is 2.21. The molecule has 0 radical (unpaired) electrons. The third-order valence-corrected chi connectivity index (χ3v) is 3.05. The molecular formula is C16H9FO3. The largest absolute Gasteiger partial charge is 0.422 e. The normalized spacial score (nSPS) is 10.7. The maximum atomic E-state index is 12.9. The van der Waals surface area contributed by atoms with E-state index in [0.717, 1.165) is 0 Å². The molecule has 0 saturated heterocycles. The van der Waals surface area contributed by atoms with E-state index in [1.165, 1.54) is 30.3 Å². The molecule has 1 heterocycles. The first kappa shape index (κ1) is 12.3. The van der Waals surface area contributed by atoms with Crippen molar-refractivity contribution in [2.75, 3.05) is 0 Å². The van der Waals surface area contributed by atoms with Crippen LogP contribution in [0.2, 0.25) is 0 Å². The lowest BCUT2D eigenvalue weighted by Crippen LogP contribution is -2.02. The lowest BCUT2D eigenvalue weighted by Gasteiger charge is -2.03. The van der Waals surface area contributed by atoms with Gasteiger partial charge in [0, 0.05) is 10.9 Å². The number of carbonyl (C=O) groups is 1. The number of halogens is 1. The second-order valence-corrected chi connectivity index (χ2v) is 4.37. The highest BCUT2D eigenvalue weighted by atomic mass is 19.1. The zero-order valence-corrected chi connectivity index (χ0v) is 10.3. The predicted molar refractivity (Wildman–Crippen MR) is 73.3 cm³/mol. The third-order valence-electron chi connectivity index (χ3n) is 3.05. The van der Waals surface area contributed by atoms with Crippen molar-refractivity contribution >= 4 is 17.3 Å². The summed E-state index contributed by atoms with van der Waals surface area (Å²) in [6.07, 6.45) is 0.688. The molecule has 3 rings (SSSR count). The molecular weight excluding hydrogens is 259 g/mol. The van der Waals surface area contributed by atoms with Gasteiger partial charge in [-0.2, -0.15) is 0 Å². The molecule has 1 aromatic heterocycles. The van der Waals surface area contributed by atoms with Crippen LogP contribution in [0.25, 0.3) is 22.1 Å². The van der Waals surface area contributed by atoms with Gasteiger partial charge in [0.05, 0.1) is 5.56 Å². The zero-order valence-electron chi connectivity index (χ0n) is 10.3. The Bertz CT molecular complexity index is 848. The van der Waals surface area contributed by atoms with Crippen molar-refractivity contribution in [1.29, 1.82) is 0 Å². The molecule has 0 bridgehead atoms. The van der Waals surface area contributed by atoms with Gasteiger partial charge in [0.25, 0.3) is 0 Å². The molecule has 3 nitrogen and oxygen atoms in total. The maximum Gasteiger partial charge on any atom is 0.344 e. The van der Waals surface area contributed by atoms with E-state index in [9.17, 15) is 14.0 Å². The lowest BCUT2D eigenvalue weighted by molar-refractivity contribution is 0.112. The first-order chi connectivity index (χ1) is 9.67. The van der Waals surface area contributed by atoms with Gasteiger partial charge in [-0.25, -0.2) is 9.18 Å². The van der Waals surface area contributed by atoms with Gasteiger partial charge in [-0.3, -0.25) is 4.79 Å².